The fourth-order valence-corrected chi connectivity index (χ4v) is 1.78. The summed E-state index contributed by atoms with van der Waals surface area (Å²) in [4.78, 5) is 16.0. The minimum absolute atomic E-state index is 0.0170. The number of pyridine rings is 1. The number of hydrogen-bond donors (Lipinski definition) is 1. The fourth-order valence-electron chi connectivity index (χ4n) is 1.78. The van der Waals surface area contributed by atoms with Crippen molar-refractivity contribution < 1.29 is 4.79 Å². The van der Waals surface area contributed by atoms with Gasteiger partial charge in [0.25, 0.3) is 0 Å². The maximum Gasteiger partial charge on any atom is 0.160 e. The van der Waals surface area contributed by atoms with Crippen molar-refractivity contribution in [1.82, 2.24) is 4.98 Å². The van der Waals surface area contributed by atoms with E-state index in [0.717, 1.165) is 11.3 Å². The predicted octanol–water partition coefficient (Wildman–Crippen LogP) is 2.84. The van der Waals surface area contributed by atoms with Crippen LogP contribution in [0, 0.1) is 6.92 Å². The van der Waals surface area contributed by atoms with E-state index in [1.54, 1.807) is 13.0 Å². The summed E-state index contributed by atoms with van der Waals surface area (Å²) in [6.07, 6.45) is 0. The van der Waals surface area contributed by atoms with Gasteiger partial charge in [0.15, 0.2) is 5.78 Å². The lowest BCUT2D eigenvalue weighted by atomic mass is 10.00. The standard InChI is InChI=1S/C14H14N2O/c1-9-7-8-13(15)14(16-9)12-6-4-3-5-11(12)10(2)17/h3-8H,15H2,1-2H3. The van der Waals surface area contributed by atoms with Gasteiger partial charge in [0.1, 0.15) is 0 Å². The lowest BCUT2D eigenvalue weighted by Gasteiger charge is -2.09. The number of carbonyl (C=O) groups is 1. The van der Waals surface area contributed by atoms with Gasteiger partial charge in [-0.2, -0.15) is 0 Å². The number of hydrogen-bond acceptors (Lipinski definition) is 3. The molecule has 0 saturated carbocycles. The first-order valence-corrected chi connectivity index (χ1v) is 5.43. The average Bonchev–Trinajstić information content (AvgIpc) is 2.32. The molecule has 0 atom stereocenters. The largest absolute Gasteiger partial charge is 0.397 e. The van der Waals surface area contributed by atoms with Crippen LogP contribution >= 0.6 is 0 Å². The molecule has 0 aliphatic heterocycles. The molecular weight excluding hydrogens is 212 g/mol. The van der Waals surface area contributed by atoms with Crippen LogP contribution in [0.4, 0.5) is 5.69 Å². The summed E-state index contributed by atoms with van der Waals surface area (Å²) in [5.41, 5.74) is 9.51. The summed E-state index contributed by atoms with van der Waals surface area (Å²) in [7, 11) is 0. The van der Waals surface area contributed by atoms with E-state index >= 15 is 0 Å². The van der Waals surface area contributed by atoms with Crippen LogP contribution in [-0.4, -0.2) is 10.8 Å². The molecule has 0 bridgehead atoms. The molecule has 86 valence electrons. The number of nitrogens with two attached hydrogens (primary N) is 1. The van der Waals surface area contributed by atoms with E-state index < -0.39 is 0 Å². The van der Waals surface area contributed by atoms with Gasteiger partial charge in [-0.15, -0.1) is 0 Å². The minimum Gasteiger partial charge on any atom is -0.397 e. The number of nitrogens with zero attached hydrogens (tertiary/aromatic N) is 1. The number of Topliss-reactive ketones (excluding diaryl/α,β-unsaturated/α-hetero) is 1. The molecule has 0 amide bonds. The van der Waals surface area contributed by atoms with Gasteiger partial charge in [0.2, 0.25) is 0 Å². The van der Waals surface area contributed by atoms with E-state index in [2.05, 4.69) is 4.98 Å². The Balaban J connectivity index is 2.68. The summed E-state index contributed by atoms with van der Waals surface area (Å²) in [5.74, 6) is 0.0170. The van der Waals surface area contributed by atoms with Gasteiger partial charge in [0.05, 0.1) is 11.4 Å². The van der Waals surface area contributed by atoms with Crippen LogP contribution < -0.4 is 5.73 Å². The lowest BCUT2D eigenvalue weighted by molar-refractivity contribution is 0.101. The maximum absolute atomic E-state index is 11.6. The first kappa shape index (κ1) is 11.3. The van der Waals surface area contributed by atoms with Crippen LogP contribution in [0.1, 0.15) is 23.0 Å². The van der Waals surface area contributed by atoms with Crippen LogP contribution in [0.25, 0.3) is 11.3 Å². The molecule has 0 saturated heterocycles. The highest BCUT2D eigenvalue weighted by atomic mass is 16.1. The molecule has 2 aromatic rings. The van der Waals surface area contributed by atoms with Crippen molar-refractivity contribution in [2.45, 2.75) is 13.8 Å². The number of aryl methyl sites for hydroxylation is 1. The van der Waals surface area contributed by atoms with Gasteiger partial charge in [0, 0.05) is 16.8 Å². The Morgan fingerprint density at radius 1 is 1.18 bits per heavy atom. The Kier molecular flexibility index (Phi) is 2.91. The molecule has 0 fully saturated rings. The van der Waals surface area contributed by atoms with Crippen molar-refractivity contribution in [3.05, 3.63) is 47.7 Å². The summed E-state index contributed by atoms with van der Waals surface area (Å²) >= 11 is 0. The molecule has 2 rings (SSSR count). The molecule has 0 radical (unpaired) electrons. The molecule has 1 aromatic carbocycles. The number of ketones is 1. The van der Waals surface area contributed by atoms with Crippen LogP contribution in [-0.2, 0) is 0 Å². The van der Waals surface area contributed by atoms with Crippen molar-refractivity contribution in [3.63, 3.8) is 0 Å². The Bertz CT molecular complexity index is 576. The summed E-state index contributed by atoms with van der Waals surface area (Å²) in [6, 6.07) is 11.1. The van der Waals surface area contributed by atoms with Crippen LogP contribution in [0.2, 0.25) is 0 Å². The molecule has 17 heavy (non-hydrogen) atoms. The molecule has 0 aliphatic carbocycles. The van der Waals surface area contributed by atoms with Crippen LogP contribution in [0.5, 0.6) is 0 Å². The van der Waals surface area contributed by atoms with Crippen molar-refractivity contribution in [2.75, 3.05) is 5.73 Å². The third kappa shape index (κ3) is 2.18. The van der Waals surface area contributed by atoms with Gasteiger partial charge >= 0.3 is 0 Å². The van der Waals surface area contributed by atoms with E-state index in [4.69, 9.17) is 5.73 Å². The first-order chi connectivity index (χ1) is 8.09. The fraction of sp³-hybridized carbons (Fsp3) is 0.143. The van der Waals surface area contributed by atoms with Gasteiger partial charge in [-0.1, -0.05) is 24.3 Å². The Morgan fingerprint density at radius 3 is 2.59 bits per heavy atom. The van der Waals surface area contributed by atoms with Crippen molar-refractivity contribution in [1.29, 1.82) is 0 Å². The Hall–Kier alpha value is -2.16. The second-order valence-corrected chi connectivity index (χ2v) is 3.99. The molecule has 1 aromatic heterocycles. The highest BCUT2D eigenvalue weighted by Crippen LogP contribution is 2.27. The minimum atomic E-state index is 0.0170. The molecule has 0 unspecified atom stereocenters. The second-order valence-electron chi connectivity index (χ2n) is 3.99. The van der Waals surface area contributed by atoms with Gasteiger partial charge in [-0.05, 0) is 26.0 Å². The maximum atomic E-state index is 11.6. The Morgan fingerprint density at radius 2 is 1.88 bits per heavy atom. The van der Waals surface area contributed by atoms with E-state index in [1.165, 1.54) is 0 Å². The van der Waals surface area contributed by atoms with E-state index in [9.17, 15) is 4.79 Å². The number of benzene rings is 1. The normalized spacial score (nSPS) is 10.2. The van der Waals surface area contributed by atoms with E-state index in [1.807, 2.05) is 37.3 Å². The molecular formula is C14H14N2O. The van der Waals surface area contributed by atoms with Gasteiger partial charge in [-0.25, -0.2) is 0 Å². The van der Waals surface area contributed by atoms with Gasteiger partial charge < -0.3 is 5.73 Å². The quantitative estimate of drug-likeness (QED) is 0.801. The third-order valence-corrected chi connectivity index (χ3v) is 2.63. The highest BCUT2D eigenvalue weighted by Gasteiger charge is 2.12. The Labute approximate surface area is 100 Å². The number of aromatic nitrogens is 1. The molecule has 2 N–H and O–H groups in total. The number of anilines is 1. The average molecular weight is 226 g/mol. The predicted molar refractivity (Wildman–Crippen MR) is 68.8 cm³/mol. The zero-order chi connectivity index (χ0) is 12.4. The smallest absolute Gasteiger partial charge is 0.160 e. The van der Waals surface area contributed by atoms with Crippen molar-refractivity contribution >= 4 is 11.5 Å². The number of nitrogen functional groups attached to an aromatic ring is 1. The highest BCUT2D eigenvalue weighted by molar-refractivity contribution is 6.01. The summed E-state index contributed by atoms with van der Waals surface area (Å²) < 4.78 is 0. The molecule has 0 aliphatic rings. The molecule has 0 spiro atoms. The zero-order valence-electron chi connectivity index (χ0n) is 9.90. The number of carbonyl (C=O) groups excluding carboxylic acids is 1. The third-order valence-electron chi connectivity index (χ3n) is 2.63. The van der Waals surface area contributed by atoms with Gasteiger partial charge in [-0.3, -0.25) is 9.78 Å². The van der Waals surface area contributed by atoms with Crippen LogP contribution in [0.15, 0.2) is 36.4 Å². The monoisotopic (exact) mass is 226 g/mol. The van der Waals surface area contributed by atoms with E-state index in [0.29, 0.717) is 16.9 Å². The van der Waals surface area contributed by atoms with Crippen molar-refractivity contribution in [3.8, 4) is 11.3 Å². The van der Waals surface area contributed by atoms with Crippen molar-refractivity contribution in [2.24, 2.45) is 0 Å². The summed E-state index contributed by atoms with van der Waals surface area (Å²) in [5, 5.41) is 0. The first-order valence-electron chi connectivity index (χ1n) is 5.43. The molecule has 1 heterocycles. The molecule has 3 heteroatoms. The topological polar surface area (TPSA) is 56.0 Å². The second kappa shape index (κ2) is 4.37. The molecule has 3 nitrogen and oxygen atoms in total. The lowest BCUT2D eigenvalue weighted by Crippen LogP contribution is -2.00. The zero-order valence-corrected chi connectivity index (χ0v) is 9.90. The SMILES string of the molecule is CC(=O)c1ccccc1-c1nc(C)ccc1N. The number of rotatable bonds is 2. The van der Waals surface area contributed by atoms with Crippen LogP contribution in [0.3, 0.4) is 0 Å². The van der Waals surface area contributed by atoms with E-state index in [-0.39, 0.29) is 5.78 Å². The summed E-state index contributed by atoms with van der Waals surface area (Å²) in [6.45, 7) is 3.45.